The maximum Gasteiger partial charge on any atom is 0.337 e. The lowest BCUT2D eigenvalue weighted by Crippen LogP contribution is -2.26. The molecule has 0 aliphatic rings. The van der Waals surface area contributed by atoms with E-state index in [-0.39, 0.29) is 10.6 Å². The van der Waals surface area contributed by atoms with Crippen LogP contribution in [0.1, 0.15) is 37.0 Å². The fourth-order valence-corrected chi connectivity index (χ4v) is 1.83. The van der Waals surface area contributed by atoms with E-state index < -0.39 is 5.97 Å². The standard InChI is InChI=1S/C12H17ClN2O2/c1-3-5-15(6-4-2)11-7-9(12(16)17)10(13)8-14-11/h7-8H,3-6H2,1-2H3,(H,16,17). The van der Waals surface area contributed by atoms with Crippen LogP contribution in [-0.2, 0) is 0 Å². The third-order valence-electron chi connectivity index (χ3n) is 2.38. The molecule has 17 heavy (non-hydrogen) atoms. The van der Waals surface area contributed by atoms with Gasteiger partial charge in [0.2, 0.25) is 0 Å². The lowest BCUT2D eigenvalue weighted by Gasteiger charge is -2.22. The van der Waals surface area contributed by atoms with Gasteiger partial charge in [0, 0.05) is 19.3 Å². The van der Waals surface area contributed by atoms with Crippen LogP contribution in [-0.4, -0.2) is 29.1 Å². The highest BCUT2D eigenvalue weighted by atomic mass is 35.5. The zero-order valence-corrected chi connectivity index (χ0v) is 10.9. The predicted octanol–water partition coefficient (Wildman–Crippen LogP) is 3.06. The van der Waals surface area contributed by atoms with Gasteiger partial charge < -0.3 is 10.0 Å². The van der Waals surface area contributed by atoms with Gasteiger partial charge in [0.1, 0.15) is 5.82 Å². The van der Waals surface area contributed by atoms with Crippen LogP contribution in [0.3, 0.4) is 0 Å². The van der Waals surface area contributed by atoms with E-state index in [1.54, 1.807) is 0 Å². The van der Waals surface area contributed by atoms with E-state index in [0.717, 1.165) is 25.9 Å². The maximum atomic E-state index is 11.0. The number of aromatic carboxylic acids is 1. The molecule has 0 bridgehead atoms. The molecular formula is C12H17ClN2O2. The quantitative estimate of drug-likeness (QED) is 0.850. The van der Waals surface area contributed by atoms with Gasteiger partial charge >= 0.3 is 5.97 Å². The van der Waals surface area contributed by atoms with Gasteiger partial charge in [-0.2, -0.15) is 0 Å². The Balaban J connectivity index is 3.03. The first-order chi connectivity index (χ1) is 8.10. The monoisotopic (exact) mass is 256 g/mol. The Labute approximate surface area is 106 Å². The zero-order chi connectivity index (χ0) is 12.8. The van der Waals surface area contributed by atoms with Crippen molar-refractivity contribution in [3.05, 3.63) is 22.8 Å². The van der Waals surface area contributed by atoms with Crippen molar-refractivity contribution in [3.8, 4) is 0 Å². The van der Waals surface area contributed by atoms with Crippen molar-refractivity contribution in [2.24, 2.45) is 0 Å². The van der Waals surface area contributed by atoms with Crippen molar-refractivity contribution in [2.45, 2.75) is 26.7 Å². The highest BCUT2D eigenvalue weighted by molar-refractivity contribution is 6.33. The van der Waals surface area contributed by atoms with Crippen LogP contribution in [0.2, 0.25) is 5.02 Å². The van der Waals surface area contributed by atoms with Crippen molar-refractivity contribution in [1.82, 2.24) is 4.98 Å². The molecule has 0 fully saturated rings. The first kappa shape index (κ1) is 13.8. The summed E-state index contributed by atoms with van der Waals surface area (Å²) < 4.78 is 0. The highest BCUT2D eigenvalue weighted by Crippen LogP contribution is 2.20. The number of aromatic nitrogens is 1. The number of rotatable bonds is 6. The summed E-state index contributed by atoms with van der Waals surface area (Å²) in [5.41, 5.74) is 0.105. The number of carbonyl (C=O) groups is 1. The minimum atomic E-state index is -1.02. The third kappa shape index (κ3) is 3.60. The normalized spacial score (nSPS) is 10.3. The summed E-state index contributed by atoms with van der Waals surface area (Å²) in [5.74, 6) is -0.345. The molecule has 1 N–H and O–H groups in total. The van der Waals surface area contributed by atoms with Crippen molar-refractivity contribution >= 4 is 23.4 Å². The van der Waals surface area contributed by atoms with Gasteiger partial charge in [0.25, 0.3) is 0 Å². The highest BCUT2D eigenvalue weighted by Gasteiger charge is 2.13. The van der Waals surface area contributed by atoms with E-state index in [2.05, 4.69) is 23.7 Å². The summed E-state index contributed by atoms with van der Waals surface area (Å²) in [6.07, 6.45) is 3.39. The number of hydrogen-bond donors (Lipinski definition) is 1. The van der Waals surface area contributed by atoms with Crippen molar-refractivity contribution in [2.75, 3.05) is 18.0 Å². The molecule has 4 nitrogen and oxygen atoms in total. The second-order valence-corrected chi connectivity index (χ2v) is 4.22. The van der Waals surface area contributed by atoms with Crippen LogP contribution in [0, 0.1) is 0 Å². The van der Waals surface area contributed by atoms with Crippen LogP contribution in [0.4, 0.5) is 5.82 Å². The van der Waals surface area contributed by atoms with Gasteiger partial charge in [0.05, 0.1) is 10.6 Å². The first-order valence-corrected chi connectivity index (χ1v) is 6.11. The second kappa shape index (κ2) is 6.45. The summed E-state index contributed by atoms with van der Waals surface area (Å²) in [4.78, 5) is 17.2. The van der Waals surface area contributed by atoms with Crippen LogP contribution in [0.5, 0.6) is 0 Å². The van der Waals surface area contributed by atoms with Crippen LogP contribution in [0.15, 0.2) is 12.3 Å². The molecule has 0 atom stereocenters. The average Bonchev–Trinajstić information content (AvgIpc) is 2.29. The molecular weight excluding hydrogens is 240 g/mol. The Bertz CT molecular complexity index is 390. The summed E-state index contributed by atoms with van der Waals surface area (Å²) >= 11 is 5.79. The smallest absolute Gasteiger partial charge is 0.337 e. The van der Waals surface area contributed by atoms with Gasteiger partial charge in [0.15, 0.2) is 0 Å². The van der Waals surface area contributed by atoms with E-state index in [0.29, 0.717) is 5.82 Å². The number of hydrogen-bond acceptors (Lipinski definition) is 3. The molecule has 0 radical (unpaired) electrons. The summed E-state index contributed by atoms with van der Waals surface area (Å²) in [6, 6.07) is 1.54. The first-order valence-electron chi connectivity index (χ1n) is 5.73. The average molecular weight is 257 g/mol. The lowest BCUT2D eigenvalue weighted by molar-refractivity contribution is 0.0697. The number of carboxylic acid groups (broad SMARTS) is 1. The number of pyridine rings is 1. The molecule has 0 unspecified atom stereocenters. The maximum absolute atomic E-state index is 11.0. The number of halogens is 1. The van der Waals surface area contributed by atoms with E-state index in [9.17, 15) is 4.79 Å². The lowest BCUT2D eigenvalue weighted by atomic mass is 10.2. The molecule has 0 amide bonds. The molecule has 0 aliphatic carbocycles. The van der Waals surface area contributed by atoms with Crippen LogP contribution in [0.25, 0.3) is 0 Å². The number of carboxylic acids is 1. The van der Waals surface area contributed by atoms with Crippen molar-refractivity contribution < 1.29 is 9.90 Å². The van der Waals surface area contributed by atoms with Gasteiger partial charge in [-0.1, -0.05) is 25.4 Å². The summed E-state index contributed by atoms with van der Waals surface area (Å²) in [6.45, 7) is 5.89. The Morgan fingerprint density at radius 2 is 2.00 bits per heavy atom. The van der Waals surface area contributed by atoms with E-state index in [4.69, 9.17) is 16.7 Å². The molecule has 5 heteroatoms. The minimum Gasteiger partial charge on any atom is -0.478 e. The fraction of sp³-hybridized carbons (Fsp3) is 0.500. The number of nitrogens with zero attached hydrogens (tertiary/aromatic N) is 2. The van der Waals surface area contributed by atoms with E-state index >= 15 is 0 Å². The molecule has 1 aromatic heterocycles. The summed E-state index contributed by atoms with van der Waals surface area (Å²) in [7, 11) is 0. The predicted molar refractivity (Wildman–Crippen MR) is 69.0 cm³/mol. The SMILES string of the molecule is CCCN(CCC)c1cc(C(=O)O)c(Cl)cn1. The Hall–Kier alpha value is -1.29. The molecule has 1 aromatic rings. The Kier molecular flexibility index (Phi) is 5.22. The second-order valence-electron chi connectivity index (χ2n) is 3.81. The zero-order valence-electron chi connectivity index (χ0n) is 10.1. The molecule has 0 aliphatic heterocycles. The Morgan fingerprint density at radius 1 is 1.41 bits per heavy atom. The van der Waals surface area contributed by atoms with E-state index in [1.807, 2.05) is 0 Å². The number of anilines is 1. The molecule has 1 heterocycles. The fourth-order valence-electron chi connectivity index (χ4n) is 1.65. The molecule has 0 aromatic carbocycles. The molecule has 94 valence electrons. The van der Waals surface area contributed by atoms with Gasteiger partial charge in [-0.05, 0) is 18.9 Å². The van der Waals surface area contributed by atoms with Crippen molar-refractivity contribution in [3.63, 3.8) is 0 Å². The van der Waals surface area contributed by atoms with Crippen molar-refractivity contribution in [1.29, 1.82) is 0 Å². The van der Waals surface area contributed by atoms with Gasteiger partial charge in [-0.3, -0.25) is 0 Å². The van der Waals surface area contributed by atoms with Crippen LogP contribution < -0.4 is 4.90 Å². The molecule has 0 saturated carbocycles. The molecule has 1 rings (SSSR count). The van der Waals surface area contributed by atoms with E-state index in [1.165, 1.54) is 12.3 Å². The Morgan fingerprint density at radius 3 is 2.47 bits per heavy atom. The molecule has 0 saturated heterocycles. The summed E-state index contributed by atoms with van der Waals surface area (Å²) in [5, 5.41) is 9.18. The largest absolute Gasteiger partial charge is 0.478 e. The van der Waals surface area contributed by atoms with Crippen LogP contribution >= 0.6 is 11.6 Å². The van der Waals surface area contributed by atoms with Gasteiger partial charge in [-0.25, -0.2) is 9.78 Å². The van der Waals surface area contributed by atoms with Gasteiger partial charge in [-0.15, -0.1) is 0 Å². The minimum absolute atomic E-state index is 0.105. The molecule has 0 spiro atoms. The topological polar surface area (TPSA) is 53.4 Å². The third-order valence-corrected chi connectivity index (χ3v) is 2.68.